The fourth-order valence-electron chi connectivity index (χ4n) is 1.03. The quantitative estimate of drug-likeness (QED) is 0.505. The van der Waals surface area contributed by atoms with Crippen molar-refractivity contribution < 1.29 is 4.79 Å². The molecule has 0 heterocycles. The van der Waals surface area contributed by atoms with Gasteiger partial charge in [0.15, 0.2) is 5.78 Å². The van der Waals surface area contributed by atoms with Crippen LogP contribution in [-0.4, -0.2) is 5.78 Å². The number of hydrogen-bond acceptors (Lipinski definition) is 1. The topological polar surface area (TPSA) is 17.1 Å². The number of hydrogen-bond donors (Lipinski definition) is 0. The van der Waals surface area contributed by atoms with E-state index in [1.54, 1.807) is 30.4 Å². The van der Waals surface area contributed by atoms with Gasteiger partial charge in [-0.15, -0.1) is 0 Å². The Kier molecular flexibility index (Phi) is 3.21. The fourth-order valence-corrected chi connectivity index (χ4v) is 1.03. The van der Waals surface area contributed by atoms with Crippen LogP contribution >= 0.6 is 0 Å². The summed E-state index contributed by atoms with van der Waals surface area (Å²) < 4.78 is 0. The summed E-state index contributed by atoms with van der Waals surface area (Å²) in [6, 6.07) is 7.37. The zero-order chi connectivity index (χ0) is 9.68. The van der Waals surface area contributed by atoms with Crippen LogP contribution in [0.15, 0.2) is 43.0 Å². The second kappa shape index (κ2) is 4.41. The van der Waals surface area contributed by atoms with E-state index >= 15 is 0 Å². The Hall–Kier alpha value is -1.63. The number of ketones is 1. The van der Waals surface area contributed by atoms with Crippen molar-refractivity contribution in [3.05, 3.63) is 54.1 Å². The maximum Gasteiger partial charge on any atom is 0.185 e. The minimum atomic E-state index is 0.0399. The Bertz CT molecular complexity index is 331. The van der Waals surface area contributed by atoms with Crippen LogP contribution in [0.25, 0.3) is 6.08 Å². The van der Waals surface area contributed by atoms with Crippen LogP contribution < -0.4 is 0 Å². The standard InChI is InChI=1S/C12H12O/c1-3-5-12(13)11-8-6-10(4-2)7-9-11/h3-9H,2H2,1H3. The highest BCUT2D eigenvalue weighted by Crippen LogP contribution is 2.06. The lowest BCUT2D eigenvalue weighted by Crippen LogP contribution is -1.92. The summed E-state index contributed by atoms with van der Waals surface area (Å²) in [5, 5.41) is 0. The summed E-state index contributed by atoms with van der Waals surface area (Å²) in [7, 11) is 0. The second-order valence-corrected chi connectivity index (χ2v) is 2.69. The van der Waals surface area contributed by atoms with Gasteiger partial charge in [-0.1, -0.05) is 43.0 Å². The molecule has 13 heavy (non-hydrogen) atoms. The molecular formula is C12H12O. The molecule has 1 nitrogen and oxygen atoms in total. The molecule has 1 rings (SSSR count). The average molecular weight is 172 g/mol. The van der Waals surface area contributed by atoms with Crippen LogP contribution in [0.2, 0.25) is 0 Å². The number of rotatable bonds is 3. The monoisotopic (exact) mass is 172 g/mol. The fraction of sp³-hybridized carbons (Fsp3) is 0.0833. The second-order valence-electron chi connectivity index (χ2n) is 2.69. The first-order valence-electron chi connectivity index (χ1n) is 4.17. The van der Waals surface area contributed by atoms with Gasteiger partial charge in [-0.25, -0.2) is 0 Å². The molecule has 0 atom stereocenters. The molecular weight excluding hydrogens is 160 g/mol. The van der Waals surface area contributed by atoms with Gasteiger partial charge in [0.05, 0.1) is 0 Å². The molecule has 0 unspecified atom stereocenters. The summed E-state index contributed by atoms with van der Waals surface area (Å²) in [5.41, 5.74) is 1.74. The van der Waals surface area contributed by atoms with Crippen molar-refractivity contribution >= 4 is 11.9 Å². The van der Waals surface area contributed by atoms with E-state index in [2.05, 4.69) is 6.58 Å². The molecule has 0 saturated heterocycles. The molecule has 0 N–H and O–H groups in total. The first-order chi connectivity index (χ1) is 6.27. The van der Waals surface area contributed by atoms with E-state index in [-0.39, 0.29) is 5.78 Å². The lowest BCUT2D eigenvalue weighted by molar-refractivity contribution is 0.104. The third-order valence-corrected chi connectivity index (χ3v) is 1.75. The summed E-state index contributed by atoms with van der Waals surface area (Å²) in [4.78, 5) is 11.3. The number of carbonyl (C=O) groups excluding carboxylic acids is 1. The minimum absolute atomic E-state index is 0.0399. The van der Waals surface area contributed by atoms with E-state index < -0.39 is 0 Å². The predicted molar refractivity (Wildman–Crippen MR) is 55.7 cm³/mol. The van der Waals surface area contributed by atoms with Gasteiger partial charge in [-0.2, -0.15) is 0 Å². The molecule has 1 heteroatoms. The molecule has 0 aromatic heterocycles. The third-order valence-electron chi connectivity index (χ3n) is 1.75. The van der Waals surface area contributed by atoms with Crippen molar-refractivity contribution in [2.45, 2.75) is 6.92 Å². The first kappa shape index (κ1) is 9.46. The van der Waals surface area contributed by atoms with Crippen molar-refractivity contribution in [2.24, 2.45) is 0 Å². The Balaban J connectivity index is 2.91. The molecule has 0 aliphatic carbocycles. The molecule has 0 bridgehead atoms. The zero-order valence-electron chi connectivity index (χ0n) is 7.66. The zero-order valence-corrected chi connectivity index (χ0v) is 7.66. The molecule has 0 radical (unpaired) electrons. The van der Waals surface area contributed by atoms with E-state index in [0.717, 1.165) is 5.56 Å². The van der Waals surface area contributed by atoms with E-state index in [0.29, 0.717) is 5.56 Å². The van der Waals surface area contributed by atoms with Gasteiger partial charge in [0.25, 0.3) is 0 Å². The molecule has 66 valence electrons. The SMILES string of the molecule is C=Cc1ccc(C(=O)C=CC)cc1. The van der Waals surface area contributed by atoms with Crippen LogP contribution in [0.5, 0.6) is 0 Å². The van der Waals surface area contributed by atoms with Crippen LogP contribution in [0.3, 0.4) is 0 Å². The van der Waals surface area contributed by atoms with Crippen molar-refractivity contribution in [1.82, 2.24) is 0 Å². The summed E-state index contributed by atoms with van der Waals surface area (Å²) >= 11 is 0. The number of allylic oxidation sites excluding steroid dienone is 2. The summed E-state index contributed by atoms with van der Waals surface area (Å²) in [6.45, 7) is 5.47. The Morgan fingerprint density at radius 1 is 1.31 bits per heavy atom. The van der Waals surface area contributed by atoms with Gasteiger partial charge < -0.3 is 0 Å². The molecule has 0 fully saturated rings. The predicted octanol–water partition coefficient (Wildman–Crippen LogP) is 3.09. The van der Waals surface area contributed by atoms with Crippen molar-refractivity contribution in [3.63, 3.8) is 0 Å². The molecule has 0 amide bonds. The lowest BCUT2D eigenvalue weighted by atomic mass is 10.1. The van der Waals surface area contributed by atoms with Gasteiger partial charge in [-0.3, -0.25) is 4.79 Å². The lowest BCUT2D eigenvalue weighted by Gasteiger charge is -1.96. The van der Waals surface area contributed by atoms with Crippen molar-refractivity contribution in [1.29, 1.82) is 0 Å². The van der Waals surface area contributed by atoms with Crippen molar-refractivity contribution in [2.75, 3.05) is 0 Å². The Morgan fingerprint density at radius 3 is 2.38 bits per heavy atom. The van der Waals surface area contributed by atoms with E-state index in [1.807, 2.05) is 19.1 Å². The van der Waals surface area contributed by atoms with Crippen LogP contribution in [0, 0.1) is 0 Å². The van der Waals surface area contributed by atoms with Gasteiger partial charge >= 0.3 is 0 Å². The van der Waals surface area contributed by atoms with Gasteiger partial charge in [-0.05, 0) is 18.6 Å². The number of carbonyl (C=O) groups is 1. The molecule has 0 saturated carbocycles. The van der Waals surface area contributed by atoms with Crippen molar-refractivity contribution in [3.8, 4) is 0 Å². The third kappa shape index (κ3) is 2.41. The van der Waals surface area contributed by atoms with Gasteiger partial charge in [0.2, 0.25) is 0 Å². The highest BCUT2D eigenvalue weighted by molar-refractivity contribution is 6.04. The van der Waals surface area contributed by atoms with Gasteiger partial charge in [0, 0.05) is 5.56 Å². The molecule has 0 aliphatic rings. The summed E-state index contributed by atoms with van der Waals surface area (Å²) in [6.07, 6.45) is 5.05. The van der Waals surface area contributed by atoms with E-state index in [4.69, 9.17) is 0 Å². The molecule has 0 spiro atoms. The number of benzene rings is 1. The maximum absolute atomic E-state index is 11.3. The molecule has 1 aromatic rings. The highest BCUT2D eigenvalue weighted by Gasteiger charge is 1.98. The smallest absolute Gasteiger partial charge is 0.185 e. The average Bonchev–Trinajstić information content (AvgIpc) is 2.18. The summed E-state index contributed by atoms with van der Waals surface area (Å²) in [5.74, 6) is 0.0399. The normalized spacial score (nSPS) is 10.2. The van der Waals surface area contributed by atoms with E-state index in [9.17, 15) is 4.79 Å². The minimum Gasteiger partial charge on any atom is -0.289 e. The van der Waals surface area contributed by atoms with Crippen LogP contribution in [-0.2, 0) is 0 Å². The Morgan fingerprint density at radius 2 is 1.92 bits per heavy atom. The first-order valence-corrected chi connectivity index (χ1v) is 4.17. The largest absolute Gasteiger partial charge is 0.289 e. The van der Waals surface area contributed by atoms with Crippen LogP contribution in [0.1, 0.15) is 22.8 Å². The highest BCUT2D eigenvalue weighted by atomic mass is 16.1. The Labute approximate surface area is 78.4 Å². The molecule has 0 aliphatic heterocycles. The van der Waals surface area contributed by atoms with Crippen LogP contribution in [0.4, 0.5) is 0 Å². The van der Waals surface area contributed by atoms with Gasteiger partial charge in [0.1, 0.15) is 0 Å². The maximum atomic E-state index is 11.3. The molecule has 1 aromatic carbocycles. The van der Waals surface area contributed by atoms with E-state index in [1.165, 1.54) is 0 Å².